The van der Waals surface area contributed by atoms with Gasteiger partial charge in [-0.3, -0.25) is 0 Å². The number of nitrogen functional groups attached to an aromatic ring is 1. The lowest BCUT2D eigenvalue weighted by Crippen LogP contribution is -2.13. The molecule has 1 aromatic heterocycles. The zero-order valence-electron chi connectivity index (χ0n) is 11.8. The summed E-state index contributed by atoms with van der Waals surface area (Å²) in [5.41, 5.74) is 3.28. The Labute approximate surface area is 133 Å². The van der Waals surface area contributed by atoms with Crippen LogP contribution in [0.15, 0.2) is 18.2 Å². The number of hydrogen-bond acceptors (Lipinski definition) is 5. The molecule has 21 heavy (non-hydrogen) atoms. The second kappa shape index (κ2) is 6.93. The third-order valence-corrected chi connectivity index (χ3v) is 3.24. The lowest BCUT2D eigenvalue weighted by Gasteiger charge is -2.13. The molecule has 2 rings (SSSR count). The number of rotatable bonds is 5. The van der Waals surface area contributed by atoms with Gasteiger partial charge in [0.15, 0.2) is 0 Å². The fourth-order valence-electron chi connectivity index (χ4n) is 1.81. The molecule has 0 fully saturated rings. The SMILES string of the molecule is CCCc1nc(NN)c(C)c(Oc2cc(Cl)cc(Cl)c2)n1. The molecule has 0 amide bonds. The van der Waals surface area contributed by atoms with Gasteiger partial charge in [0.25, 0.3) is 0 Å². The largest absolute Gasteiger partial charge is 0.438 e. The predicted octanol–water partition coefficient (Wildman–Crippen LogP) is 4.12. The summed E-state index contributed by atoms with van der Waals surface area (Å²) in [5.74, 6) is 7.64. The van der Waals surface area contributed by atoms with Crippen LogP contribution in [0.25, 0.3) is 0 Å². The maximum atomic E-state index is 5.97. The summed E-state index contributed by atoms with van der Waals surface area (Å²) in [6, 6.07) is 4.98. The molecule has 0 aliphatic carbocycles. The first-order chi connectivity index (χ1) is 10.0. The Morgan fingerprint density at radius 2 is 1.86 bits per heavy atom. The summed E-state index contributed by atoms with van der Waals surface area (Å²) in [4.78, 5) is 8.75. The van der Waals surface area contributed by atoms with Gasteiger partial charge in [-0.05, 0) is 31.5 Å². The Bertz CT molecular complexity index is 629. The molecule has 0 bridgehead atoms. The number of benzene rings is 1. The standard InChI is InChI=1S/C14H16Cl2N4O/c1-3-4-12-18-13(20-17)8(2)14(19-12)21-11-6-9(15)5-10(16)7-11/h5-7H,3-4,17H2,1-2H3,(H,18,19,20). The van der Waals surface area contributed by atoms with Crippen LogP contribution in [-0.2, 0) is 6.42 Å². The van der Waals surface area contributed by atoms with Crippen LogP contribution in [0.3, 0.4) is 0 Å². The molecule has 1 aromatic carbocycles. The number of hydrazine groups is 1. The minimum Gasteiger partial charge on any atom is -0.438 e. The van der Waals surface area contributed by atoms with Crippen LogP contribution in [0.2, 0.25) is 10.0 Å². The fourth-order valence-corrected chi connectivity index (χ4v) is 2.32. The van der Waals surface area contributed by atoms with E-state index in [4.69, 9.17) is 33.8 Å². The average Bonchev–Trinajstić information content (AvgIpc) is 2.41. The number of anilines is 1. The van der Waals surface area contributed by atoms with Crippen molar-refractivity contribution in [1.82, 2.24) is 9.97 Å². The van der Waals surface area contributed by atoms with Crippen molar-refractivity contribution in [2.75, 3.05) is 5.43 Å². The molecule has 0 atom stereocenters. The van der Waals surface area contributed by atoms with Gasteiger partial charge in [-0.15, -0.1) is 0 Å². The summed E-state index contributed by atoms with van der Waals surface area (Å²) in [7, 11) is 0. The minimum absolute atomic E-state index is 0.430. The van der Waals surface area contributed by atoms with Crippen LogP contribution in [0.5, 0.6) is 11.6 Å². The number of nitrogens with one attached hydrogen (secondary N) is 1. The van der Waals surface area contributed by atoms with E-state index in [1.165, 1.54) is 0 Å². The molecule has 112 valence electrons. The Balaban J connectivity index is 2.39. The minimum atomic E-state index is 0.430. The number of nitrogens with zero attached hydrogens (tertiary/aromatic N) is 2. The maximum absolute atomic E-state index is 5.97. The first-order valence-electron chi connectivity index (χ1n) is 6.51. The molecule has 0 radical (unpaired) electrons. The zero-order chi connectivity index (χ0) is 15.4. The Morgan fingerprint density at radius 3 is 2.43 bits per heavy atom. The molecule has 5 nitrogen and oxygen atoms in total. The van der Waals surface area contributed by atoms with E-state index in [1.807, 2.05) is 6.92 Å². The fraction of sp³-hybridized carbons (Fsp3) is 0.286. The van der Waals surface area contributed by atoms with Crippen molar-refractivity contribution in [3.05, 3.63) is 39.6 Å². The van der Waals surface area contributed by atoms with Crippen molar-refractivity contribution in [3.8, 4) is 11.6 Å². The lowest BCUT2D eigenvalue weighted by atomic mass is 10.3. The van der Waals surface area contributed by atoms with Gasteiger partial charge in [-0.1, -0.05) is 30.1 Å². The van der Waals surface area contributed by atoms with Crippen molar-refractivity contribution in [3.63, 3.8) is 0 Å². The van der Waals surface area contributed by atoms with Gasteiger partial charge < -0.3 is 10.2 Å². The van der Waals surface area contributed by atoms with E-state index in [9.17, 15) is 0 Å². The van der Waals surface area contributed by atoms with Crippen molar-refractivity contribution < 1.29 is 4.74 Å². The molecule has 3 N–H and O–H groups in total. The van der Waals surface area contributed by atoms with Gasteiger partial charge in [0.05, 0.1) is 5.56 Å². The van der Waals surface area contributed by atoms with E-state index in [-0.39, 0.29) is 0 Å². The summed E-state index contributed by atoms with van der Waals surface area (Å²) in [6.07, 6.45) is 1.66. The highest BCUT2D eigenvalue weighted by molar-refractivity contribution is 6.34. The quantitative estimate of drug-likeness (QED) is 0.638. The van der Waals surface area contributed by atoms with Crippen LogP contribution in [-0.4, -0.2) is 9.97 Å². The number of nitrogens with two attached hydrogens (primary N) is 1. The van der Waals surface area contributed by atoms with Gasteiger partial charge in [0.2, 0.25) is 5.88 Å². The van der Waals surface area contributed by atoms with Crippen LogP contribution < -0.4 is 16.0 Å². The summed E-state index contributed by atoms with van der Waals surface area (Å²) < 4.78 is 5.78. The van der Waals surface area contributed by atoms with Gasteiger partial charge in [-0.25, -0.2) is 10.8 Å². The van der Waals surface area contributed by atoms with E-state index in [0.29, 0.717) is 38.9 Å². The van der Waals surface area contributed by atoms with Crippen molar-refractivity contribution in [1.29, 1.82) is 0 Å². The second-order valence-corrected chi connectivity index (χ2v) is 5.39. The first-order valence-corrected chi connectivity index (χ1v) is 7.27. The van der Waals surface area contributed by atoms with Crippen LogP contribution in [0.4, 0.5) is 5.82 Å². The topological polar surface area (TPSA) is 73.1 Å². The third kappa shape index (κ3) is 3.97. The van der Waals surface area contributed by atoms with E-state index in [2.05, 4.69) is 22.3 Å². The Kier molecular flexibility index (Phi) is 5.22. The number of aromatic nitrogens is 2. The van der Waals surface area contributed by atoms with Crippen LogP contribution in [0, 0.1) is 6.92 Å². The Hall–Kier alpha value is -1.56. The number of halogens is 2. The third-order valence-electron chi connectivity index (χ3n) is 2.81. The maximum Gasteiger partial charge on any atom is 0.227 e. The zero-order valence-corrected chi connectivity index (χ0v) is 13.3. The highest BCUT2D eigenvalue weighted by Crippen LogP contribution is 2.30. The molecular formula is C14H16Cl2N4O. The average molecular weight is 327 g/mol. The molecule has 0 spiro atoms. The molecule has 7 heteroatoms. The van der Waals surface area contributed by atoms with Gasteiger partial charge in [0.1, 0.15) is 17.4 Å². The van der Waals surface area contributed by atoms with Crippen LogP contribution in [0.1, 0.15) is 24.7 Å². The smallest absolute Gasteiger partial charge is 0.227 e. The molecule has 0 unspecified atom stereocenters. The molecule has 2 aromatic rings. The van der Waals surface area contributed by atoms with Crippen molar-refractivity contribution in [2.24, 2.45) is 5.84 Å². The summed E-state index contributed by atoms with van der Waals surface area (Å²) in [6.45, 7) is 3.88. The number of ether oxygens (including phenoxy) is 1. The number of hydrogen-bond donors (Lipinski definition) is 2. The summed E-state index contributed by atoms with van der Waals surface area (Å²) >= 11 is 11.9. The monoisotopic (exact) mass is 326 g/mol. The Morgan fingerprint density at radius 1 is 1.19 bits per heavy atom. The van der Waals surface area contributed by atoms with Crippen LogP contribution >= 0.6 is 23.2 Å². The second-order valence-electron chi connectivity index (χ2n) is 4.52. The van der Waals surface area contributed by atoms with E-state index in [1.54, 1.807) is 18.2 Å². The molecule has 0 aliphatic heterocycles. The molecule has 1 heterocycles. The van der Waals surface area contributed by atoms with Gasteiger partial charge in [0, 0.05) is 16.5 Å². The molecule has 0 aliphatic rings. The van der Waals surface area contributed by atoms with Crippen molar-refractivity contribution in [2.45, 2.75) is 26.7 Å². The van der Waals surface area contributed by atoms with E-state index < -0.39 is 0 Å². The highest BCUT2D eigenvalue weighted by Gasteiger charge is 2.12. The number of aryl methyl sites for hydroxylation is 1. The highest BCUT2D eigenvalue weighted by atomic mass is 35.5. The lowest BCUT2D eigenvalue weighted by molar-refractivity contribution is 0.454. The molecule has 0 saturated carbocycles. The molecular weight excluding hydrogens is 311 g/mol. The van der Waals surface area contributed by atoms with E-state index in [0.717, 1.165) is 12.8 Å². The van der Waals surface area contributed by atoms with Gasteiger partial charge >= 0.3 is 0 Å². The predicted molar refractivity (Wildman–Crippen MR) is 85.1 cm³/mol. The van der Waals surface area contributed by atoms with Crippen molar-refractivity contribution >= 4 is 29.0 Å². The molecule has 0 saturated heterocycles. The van der Waals surface area contributed by atoms with E-state index >= 15 is 0 Å². The van der Waals surface area contributed by atoms with Gasteiger partial charge in [-0.2, -0.15) is 4.98 Å². The normalized spacial score (nSPS) is 10.5. The first kappa shape index (κ1) is 15.8. The summed E-state index contributed by atoms with van der Waals surface area (Å²) in [5, 5.41) is 0.991.